The first-order valence-electron chi connectivity index (χ1n) is 5.74. The molecule has 0 unspecified atom stereocenters. The van der Waals surface area contributed by atoms with Crippen molar-refractivity contribution in [3.05, 3.63) is 15.6 Å². The average Bonchev–Trinajstić information content (AvgIpc) is 2.62. The molecule has 0 atom stereocenters. The molecule has 0 radical (unpaired) electrons. The molecule has 1 aromatic rings. The third kappa shape index (κ3) is 1.98. The molecule has 1 aliphatic rings. The molecule has 0 aliphatic heterocycles. The second kappa shape index (κ2) is 4.17. The zero-order valence-corrected chi connectivity index (χ0v) is 10.6. The van der Waals surface area contributed by atoms with Crippen LogP contribution in [0.15, 0.2) is 0 Å². The van der Waals surface area contributed by atoms with Crippen molar-refractivity contribution in [2.75, 3.05) is 0 Å². The van der Waals surface area contributed by atoms with Crippen molar-refractivity contribution >= 4 is 17.3 Å². The van der Waals surface area contributed by atoms with Gasteiger partial charge in [0.1, 0.15) is 4.88 Å². The van der Waals surface area contributed by atoms with E-state index in [4.69, 9.17) is 5.11 Å². The summed E-state index contributed by atoms with van der Waals surface area (Å²) in [5.74, 6) is -0.847. The molecule has 1 aromatic heterocycles. The van der Waals surface area contributed by atoms with Crippen LogP contribution >= 0.6 is 11.3 Å². The van der Waals surface area contributed by atoms with Gasteiger partial charge in [0.05, 0.1) is 10.7 Å². The van der Waals surface area contributed by atoms with E-state index < -0.39 is 5.97 Å². The largest absolute Gasteiger partial charge is 0.477 e. The smallest absolute Gasteiger partial charge is 0.347 e. The highest BCUT2D eigenvalue weighted by Crippen LogP contribution is 2.41. The maximum atomic E-state index is 11.0. The standard InChI is InChI=1S/C12H17NO2S/c1-8-9(10(14)15)16-11(13-8)12(2)6-4-3-5-7-12/h3-7H2,1-2H3,(H,14,15). The second-order valence-corrected chi connectivity index (χ2v) is 5.86. The summed E-state index contributed by atoms with van der Waals surface area (Å²) in [6, 6.07) is 0. The first-order valence-corrected chi connectivity index (χ1v) is 6.56. The van der Waals surface area contributed by atoms with Crippen LogP contribution in [0.2, 0.25) is 0 Å². The molecule has 0 aromatic carbocycles. The summed E-state index contributed by atoms with van der Waals surface area (Å²) in [6.45, 7) is 4.01. The molecule has 0 spiro atoms. The third-order valence-corrected chi connectivity index (χ3v) is 4.92. The minimum absolute atomic E-state index is 0.112. The van der Waals surface area contributed by atoms with Gasteiger partial charge in [0, 0.05) is 5.41 Å². The summed E-state index contributed by atoms with van der Waals surface area (Å²) in [5.41, 5.74) is 0.778. The molecule has 2 rings (SSSR count). The van der Waals surface area contributed by atoms with Crippen LogP contribution in [0.4, 0.5) is 0 Å². The molecule has 16 heavy (non-hydrogen) atoms. The van der Waals surface area contributed by atoms with Gasteiger partial charge in [-0.15, -0.1) is 11.3 Å². The van der Waals surface area contributed by atoms with Gasteiger partial charge in [0.15, 0.2) is 0 Å². The Labute approximate surface area is 99.5 Å². The van der Waals surface area contributed by atoms with Crippen LogP contribution < -0.4 is 0 Å². The monoisotopic (exact) mass is 239 g/mol. The Kier molecular flexibility index (Phi) is 3.02. The molecule has 0 saturated heterocycles. The fraction of sp³-hybridized carbons (Fsp3) is 0.667. The molecule has 1 fully saturated rings. The van der Waals surface area contributed by atoms with E-state index in [0.29, 0.717) is 10.6 Å². The lowest BCUT2D eigenvalue weighted by Gasteiger charge is -2.31. The van der Waals surface area contributed by atoms with E-state index in [2.05, 4.69) is 11.9 Å². The van der Waals surface area contributed by atoms with E-state index in [1.807, 2.05) is 0 Å². The second-order valence-electron chi connectivity index (χ2n) is 4.86. The van der Waals surface area contributed by atoms with Crippen molar-refractivity contribution in [1.29, 1.82) is 0 Å². The summed E-state index contributed by atoms with van der Waals surface area (Å²) in [6.07, 6.45) is 6.04. The maximum Gasteiger partial charge on any atom is 0.347 e. The van der Waals surface area contributed by atoms with Crippen molar-refractivity contribution in [2.24, 2.45) is 0 Å². The quantitative estimate of drug-likeness (QED) is 0.860. The number of rotatable bonds is 2. The fourth-order valence-corrected chi connectivity index (χ4v) is 3.51. The summed E-state index contributed by atoms with van der Waals surface area (Å²) in [7, 11) is 0. The molecule has 0 amide bonds. The summed E-state index contributed by atoms with van der Waals surface area (Å²) >= 11 is 1.36. The maximum absolute atomic E-state index is 11.0. The molecule has 4 heteroatoms. The van der Waals surface area contributed by atoms with Crippen LogP contribution in [-0.4, -0.2) is 16.1 Å². The third-order valence-electron chi connectivity index (χ3n) is 3.46. The van der Waals surface area contributed by atoms with E-state index in [1.54, 1.807) is 6.92 Å². The molecule has 1 aliphatic carbocycles. The number of hydrogen-bond acceptors (Lipinski definition) is 3. The summed E-state index contributed by atoms with van der Waals surface area (Å²) < 4.78 is 0. The summed E-state index contributed by atoms with van der Waals surface area (Å²) in [5, 5.41) is 10.0. The van der Waals surface area contributed by atoms with Crippen molar-refractivity contribution in [1.82, 2.24) is 4.98 Å². The van der Waals surface area contributed by atoms with Crippen LogP contribution in [-0.2, 0) is 5.41 Å². The van der Waals surface area contributed by atoms with E-state index in [0.717, 1.165) is 17.8 Å². The summed E-state index contributed by atoms with van der Waals surface area (Å²) in [4.78, 5) is 15.9. The predicted molar refractivity (Wildman–Crippen MR) is 64.2 cm³/mol. The van der Waals surface area contributed by atoms with Crippen LogP contribution in [0.25, 0.3) is 0 Å². The fourth-order valence-electron chi connectivity index (χ4n) is 2.40. The average molecular weight is 239 g/mol. The lowest BCUT2D eigenvalue weighted by atomic mass is 9.76. The Morgan fingerprint density at radius 1 is 1.38 bits per heavy atom. The van der Waals surface area contributed by atoms with Crippen LogP contribution in [0, 0.1) is 6.92 Å². The predicted octanol–water partition coefficient (Wildman–Crippen LogP) is 3.37. The molecule has 1 heterocycles. The van der Waals surface area contributed by atoms with Crippen molar-refractivity contribution in [3.63, 3.8) is 0 Å². The Morgan fingerprint density at radius 3 is 2.50 bits per heavy atom. The number of nitrogens with zero attached hydrogens (tertiary/aromatic N) is 1. The number of carbonyl (C=O) groups is 1. The minimum Gasteiger partial charge on any atom is -0.477 e. The van der Waals surface area contributed by atoms with Crippen molar-refractivity contribution in [3.8, 4) is 0 Å². The first kappa shape index (κ1) is 11.6. The molecule has 0 bridgehead atoms. The lowest BCUT2D eigenvalue weighted by Crippen LogP contribution is -2.24. The van der Waals surface area contributed by atoms with E-state index in [1.165, 1.54) is 30.6 Å². The van der Waals surface area contributed by atoms with Gasteiger partial charge in [0.25, 0.3) is 0 Å². The highest BCUT2D eigenvalue weighted by Gasteiger charge is 2.33. The molecule has 1 saturated carbocycles. The molecule has 3 nitrogen and oxygen atoms in total. The highest BCUT2D eigenvalue weighted by atomic mass is 32.1. The number of carboxylic acids is 1. The Morgan fingerprint density at radius 2 is 2.00 bits per heavy atom. The van der Waals surface area contributed by atoms with Crippen LogP contribution in [0.1, 0.15) is 59.4 Å². The van der Waals surface area contributed by atoms with E-state index in [-0.39, 0.29) is 5.41 Å². The number of hydrogen-bond donors (Lipinski definition) is 1. The van der Waals surface area contributed by atoms with Crippen molar-refractivity contribution < 1.29 is 9.90 Å². The number of aryl methyl sites for hydroxylation is 1. The molecule has 1 N–H and O–H groups in total. The number of aromatic nitrogens is 1. The molecule has 88 valence electrons. The molecular formula is C12H17NO2S. The zero-order chi connectivity index (χ0) is 11.8. The number of aromatic carboxylic acids is 1. The van der Waals surface area contributed by atoms with Gasteiger partial charge >= 0.3 is 5.97 Å². The van der Waals surface area contributed by atoms with Gasteiger partial charge in [-0.1, -0.05) is 26.2 Å². The highest BCUT2D eigenvalue weighted by molar-refractivity contribution is 7.13. The molecular weight excluding hydrogens is 222 g/mol. The van der Waals surface area contributed by atoms with Crippen molar-refractivity contribution in [2.45, 2.75) is 51.4 Å². The van der Waals surface area contributed by atoms with Gasteiger partial charge in [0.2, 0.25) is 0 Å². The Hall–Kier alpha value is -0.900. The van der Waals surface area contributed by atoms with E-state index in [9.17, 15) is 4.79 Å². The lowest BCUT2D eigenvalue weighted by molar-refractivity contribution is 0.0701. The van der Waals surface area contributed by atoms with Gasteiger partial charge in [-0.3, -0.25) is 0 Å². The number of thiazole rings is 1. The number of carboxylic acid groups (broad SMARTS) is 1. The van der Waals surface area contributed by atoms with Gasteiger partial charge < -0.3 is 5.11 Å². The minimum atomic E-state index is -0.847. The Balaban J connectivity index is 2.33. The normalized spacial score (nSPS) is 19.6. The SMILES string of the molecule is Cc1nc(C2(C)CCCCC2)sc1C(=O)O. The first-order chi connectivity index (χ1) is 7.53. The van der Waals surface area contributed by atoms with Gasteiger partial charge in [-0.05, 0) is 19.8 Å². The Bertz CT molecular complexity index is 405. The topological polar surface area (TPSA) is 50.2 Å². The van der Waals surface area contributed by atoms with Gasteiger partial charge in [-0.2, -0.15) is 0 Å². The zero-order valence-electron chi connectivity index (χ0n) is 9.75. The van der Waals surface area contributed by atoms with Crippen LogP contribution in [0.3, 0.4) is 0 Å². The van der Waals surface area contributed by atoms with E-state index >= 15 is 0 Å². The van der Waals surface area contributed by atoms with Gasteiger partial charge in [-0.25, -0.2) is 9.78 Å². The van der Waals surface area contributed by atoms with Crippen LogP contribution in [0.5, 0.6) is 0 Å².